The largest absolute Gasteiger partial charge is 0.349 e. The molecule has 0 saturated heterocycles. The topological polar surface area (TPSA) is 72.4 Å². The van der Waals surface area contributed by atoms with Crippen molar-refractivity contribution in [2.45, 2.75) is 19.5 Å². The second-order valence-corrected chi connectivity index (χ2v) is 3.70. The second kappa shape index (κ2) is 4.32. The Labute approximate surface area is 93.3 Å². The van der Waals surface area contributed by atoms with Crippen LogP contribution in [-0.2, 0) is 11.3 Å². The molecule has 0 spiro atoms. The van der Waals surface area contributed by atoms with Crippen LogP contribution in [-0.4, -0.2) is 21.3 Å². The summed E-state index contributed by atoms with van der Waals surface area (Å²) in [6.45, 7) is 2.06. The van der Waals surface area contributed by atoms with Crippen molar-refractivity contribution in [3.63, 3.8) is 0 Å². The summed E-state index contributed by atoms with van der Waals surface area (Å²) in [5, 5.41) is 2.72. The zero-order valence-electron chi connectivity index (χ0n) is 9.05. The average Bonchev–Trinajstić information content (AvgIpc) is 2.68. The van der Waals surface area contributed by atoms with Crippen molar-refractivity contribution in [3.8, 4) is 0 Å². The molecule has 0 aromatic carbocycles. The molecule has 5 heteroatoms. The first-order valence-electron chi connectivity index (χ1n) is 5.13. The molecule has 0 aliphatic rings. The molecule has 0 aliphatic heterocycles. The summed E-state index contributed by atoms with van der Waals surface area (Å²) in [4.78, 5) is 15.6. The highest BCUT2D eigenvalue weighted by molar-refractivity contribution is 5.80. The van der Waals surface area contributed by atoms with Gasteiger partial charge in [0, 0.05) is 12.4 Å². The van der Waals surface area contributed by atoms with E-state index in [4.69, 9.17) is 5.73 Å². The van der Waals surface area contributed by atoms with Crippen molar-refractivity contribution in [1.29, 1.82) is 0 Å². The van der Waals surface area contributed by atoms with Crippen LogP contribution in [0.4, 0.5) is 0 Å². The van der Waals surface area contributed by atoms with Crippen LogP contribution in [0.1, 0.15) is 12.6 Å². The number of nitrogens with one attached hydrogen (secondary N) is 1. The van der Waals surface area contributed by atoms with Gasteiger partial charge in [-0.3, -0.25) is 4.79 Å². The molecule has 1 amide bonds. The van der Waals surface area contributed by atoms with Gasteiger partial charge in [0.25, 0.3) is 0 Å². The van der Waals surface area contributed by atoms with Crippen molar-refractivity contribution in [2.24, 2.45) is 5.73 Å². The fourth-order valence-corrected chi connectivity index (χ4v) is 1.41. The van der Waals surface area contributed by atoms with E-state index in [1.165, 1.54) is 0 Å². The highest BCUT2D eigenvalue weighted by atomic mass is 16.2. The minimum absolute atomic E-state index is 0.169. The number of nitrogens with two attached hydrogens (primary N) is 1. The predicted octanol–water partition coefficient (Wildman–Crippen LogP) is 0.298. The van der Waals surface area contributed by atoms with Crippen LogP contribution in [0.5, 0.6) is 0 Å². The normalized spacial score (nSPS) is 12.6. The number of carbonyl (C=O) groups is 1. The Balaban J connectivity index is 2.07. The number of nitrogens with zero attached hydrogens (tertiary/aromatic N) is 2. The van der Waals surface area contributed by atoms with Crippen molar-refractivity contribution < 1.29 is 4.79 Å². The lowest BCUT2D eigenvalue weighted by Crippen LogP contribution is -2.37. The summed E-state index contributed by atoms with van der Waals surface area (Å²) < 4.78 is 1.91. The quantitative estimate of drug-likeness (QED) is 0.778. The summed E-state index contributed by atoms with van der Waals surface area (Å²) >= 11 is 0. The maximum absolute atomic E-state index is 11.3. The van der Waals surface area contributed by atoms with Gasteiger partial charge in [-0.25, -0.2) is 4.98 Å². The van der Waals surface area contributed by atoms with E-state index in [1.807, 2.05) is 35.0 Å². The number of pyridine rings is 1. The smallest absolute Gasteiger partial charge is 0.236 e. The Morgan fingerprint density at radius 3 is 3.12 bits per heavy atom. The van der Waals surface area contributed by atoms with Crippen LogP contribution < -0.4 is 11.1 Å². The minimum Gasteiger partial charge on any atom is -0.349 e. The van der Waals surface area contributed by atoms with Crippen LogP contribution in [0.2, 0.25) is 0 Å². The number of hydrogen-bond donors (Lipinski definition) is 2. The number of hydrogen-bond acceptors (Lipinski definition) is 3. The highest BCUT2D eigenvalue weighted by Crippen LogP contribution is 2.03. The van der Waals surface area contributed by atoms with E-state index in [-0.39, 0.29) is 5.91 Å². The van der Waals surface area contributed by atoms with Gasteiger partial charge in [0.1, 0.15) is 5.65 Å². The Bertz CT molecular complexity index is 470. The van der Waals surface area contributed by atoms with Gasteiger partial charge < -0.3 is 15.5 Å². The molecule has 0 aliphatic carbocycles. The first kappa shape index (κ1) is 10.6. The molecule has 1 atom stereocenters. The lowest BCUT2D eigenvalue weighted by Gasteiger charge is -2.04. The van der Waals surface area contributed by atoms with Gasteiger partial charge in [-0.15, -0.1) is 0 Å². The van der Waals surface area contributed by atoms with E-state index >= 15 is 0 Å². The molecule has 0 radical (unpaired) electrons. The van der Waals surface area contributed by atoms with Crippen LogP contribution in [0.3, 0.4) is 0 Å². The van der Waals surface area contributed by atoms with E-state index in [2.05, 4.69) is 10.3 Å². The third kappa shape index (κ3) is 2.20. The van der Waals surface area contributed by atoms with Crippen LogP contribution in [0.25, 0.3) is 5.65 Å². The van der Waals surface area contributed by atoms with Gasteiger partial charge in [-0.05, 0) is 19.1 Å². The number of rotatable bonds is 3. The Kier molecular flexibility index (Phi) is 2.87. The molecule has 2 rings (SSSR count). The Morgan fingerprint density at radius 1 is 1.62 bits per heavy atom. The van der Waals surface area contributed by atoms with Gasteiger partial charge in [-0.1, -0.05) is 6.07 Å². The van der Waals surface area contributed by atoms with Gasteiger partial charge >= 0.3 is 0 Å². The number of imidazole rings is 1. The van der Waals surface area contributed by atoms with Gasteiger partial charge in [-0.2, -0.15) is 0 Å². The fraction of sp³-hybridized carbons (Fsp3) is 0.273. The SMILES string of the molecule is C[C@@H](N)C(=O)NCc1cn2ccccc2n1. The molecule has 2 aromatic rings. The highest BCUT2D eigenvalue weighted by Gasteiger charge is 2.07. The molecule has 0 saturated carbocycles. The standard InChI is InChI=1S/C11H14N4O/c1-8(12)11(16)13-6-9-7-15-5-3-2-4-10(15)14-9/h2-5,7-8H,6,12H2,1H3,(H,13,16)/t8-/m1/s1. The molecular formula is C11H14N4O. The Morgan fingerprint density at radius 2 is 2.44 bits per heavy atom. The van der Waals surface area contributed by atoms with Crippen molar-refractivity contribution in [2.75, 3.05) is 0 Å². The van der Waals surface area contributed by atoms with Crippen LogP contribution >= 0.6 is 0 Å². The molecule has 0 unspecified atom stereocenters. The molecule has 0 fully saturated rings. The summed E-state index contributed by atoms with van der Waals surface area (Å²) in [5.74, 6) is -0.169. The van der Waals surface area contributed by atoms with Crippen LogP contribution in [0.15, 0.2) is 30.6 Å². The maximum atomic E-state index is 11.3. The number of fused-ring (bicyclic) bond motifs is 1. The van der Waals surface area contributed by atoms with E-state index in [0.29, 0.717) is 6.54 Å². The van der Waals surface area contributed by atoms with Gasteiger partial charge in [0.05, 0.1) is 18.3 Å². The summed E-state index contributed by atoms with van der Waals surface area (Å²) in [6.07, 6.45) is 3.80. The Hall–Kier alpha value is -1.88. The number of carbonyl (C=O) groups excluding carboxylic acids is 1. The van der Waals surface area contributed by atoms with Crippen LogP contribution in [0, 0.1) is 0 Å². The van der Waals surface area contributed by atoms with Gasteiger partial charge in [0.15, 0.2) is 0 Å². The zero-order chi connectivity index (χ0) is 11.5. The number of amides is 1. The summed E-state index contributed by atoms with van der Waals surface area (Å²) in [5.41, 5.74) is 7.13. The average molecular weight is 218 g/mol. The second-order valence-electron chi connectivity index (χ2n) is 3.70. The molecule has 5 nitrogen and oxygen atoms in total. The lowest BCUT2D eigenvalue weighted by molar-refractivity contribution is -0.122. The first-order chi connectivity index (χ1) is 7.66. The maximum Gasteiger partial charge on any atom is 0.236 e. The third-order valence-electron chi connectivity index (χ3n) is 2.27. The molecule has 2 aromatic heterocycles. The first-order valence-corrected chi connectivity index (χ1v) is 5.13. The molecule has 3 N–H and O–H groups in total. The van der Waals surface area contributed by atoms with Crippen molar-refractivity contribution in [1.82, 2.24) is 14.7 Å². The predicted molar refractivity (Wildman–Crippen MR) is 60.7 cm³/mol. The summed E-state index contributed by atoms with van der Waals surface area (Å²) in [6, 6.07) is 5.28. The van der Waals surface area contributed by atoms with E-state index < -0.39 is 6.04 Å². The minimum atomic E-state index is -0.489. The summed E-state index contributed by atoms with van der Waals surface area (Å²) in [7, 11) is 0. The van der Waals surface area contributed by atoms with Gasteiger partial charge in [0.2, 0.25) is 5.91 Å². The van der Waals surface area contributed by atoms with E-state index in [1.54, 1.807) is 6.92 Å². The third-order valence-corrected chi connectivity index (χ3v) is 2.27. The molecular weight excluding hydrogens is 204 g/mol. The molecule has 84 valence electrons. The molecule has 0 bridgehead atoms. The number of aromatic nitrogens is 2. The van der Waals surface area contributed by atoms with Crippen molar-refractivity contribution >= 4 is 11.6 Å². The molecule has 2 heterocycles. The molecule has 16 heavy (non-hydrogen) atoms. The lowest BCUT2D eigenvalue weighted by atomic mass is 10.3. The monoisotopic (exact) mass is 218 g/mol. The fourth-order valence-electron chi connectivity index (χ4n) is 1.41. The van der Waals surface area contributed by atoms with E-state index in [0.717, 1.165) is 11.3 Å². The van der Waals surface area contributed by atoms with Crippen molar-refractivity contribution in [3.05, 3.63) is 36.3 Å². The zero-order valence-corrected chi connectivity index (χ0v) is 9.05. The van der Waals surface area contributed by atoms with E-state index in [9.17, 15) is 4.79 Å².